The molecule has 0 spiro atoms. The average Bonchev–Trinajstić information content (AvgIpc) is 2.35. The minimum Gasteiger partial charge on any atom is -0.330 e. The molecule has 0 amide bonds. The summed E-state index contributed by atoms with van der Waals surface area (Å²) in [5.74, 6) is 0. The van der Waals surface area contributed by atoms with Gasteiger partial charge in [-0.05, 0) is 58.4 Å². The Morgan fingerprint density at radius 1 is 0.647 bits per heavy atom. The maximum atomic E-state index is 5.45. The van der Waals surface area contributed by atoms with Gasteiger partial charge in [0.1, 0.15) is 0 Å². The molecule has 3 heteroatoms. The van der Waals surface area contributed by atoms with Crippen LogP contribution >= 0.6 is 0 Å². The summed E-state index contributed by atoms with van der Waals surface area (Å²) in [5.41, 5.74) is 5.45. The van der Waals surface area contributed by atoms with Crippen molar-refractivity contribution in [1.82, 2.24) is 10.6 Å². The summed E-state index contributed by atoms with van der Waals surface area (Å²) in [6.07, 6.45) is 10.5. The molecule has 0 aromatic rings. The third-order valence-corrected chi connectivity index (χ3v) is 3.01. The molecule has 0 unspecified atom stereocenters. The summed E-state index contributed by atoms with van der Waals surface area (Å²) in [7, 11) is 0. The van der Waals surface area contributed by atoms with Crippen molar-refractivity contribution in [2.24, 2.45) is 5.73 Å². The van der Waals surface area contributed by atoms with Crippen molar-refractivity contribution in [3.63, 3.8) is 0 Å². The first-order valence-corrected chi connectivity index (χ1v) is 7.53. The lowest BCUT2D eigenvalue weighted by Crippen LogP contribution is -2.17. The van der Waals surface area contributed by atoms with Gasteiger partial charge in [0.15, 0.2) is 0 Å². The number of hydrogen-bond acceptors (Lipinski definition) is 3. The minimum absolute atomic E-state index is 0.848. The van der Waals surface area contributed by atoms with Crippen LogP contribution < -0.4 is 16.4 Å². The van der Waals surface area contributed by atoms with Gasteiger partial charge in [-0.15, -0.1) is 0 Å². The van der Waals surface area contributed by atoms with E-state index in [1.807, 2.05) is 0 Å². The van der Waals surface area contributed by atoms with Gasteiger partial charge in [0.2, 0.25) is 0 Å². The normalized spacial score (nSPS) is 10.9. The van der Waals surface area contributed by atoms with E-state index in [2.05, 4.69) is 17.6 Å². The van der Waals surface area contributed by atoms with Gasteiger partial charge in [0.25, 0.3) is 0 Å². The molecule has 0 aliphatic carbocycles. The predicted octanol–water partition coefficient (Wildman–Crippen LogP) is 2.26. The van der Waals surface area contributed by atoms with Crippen molar-refractivity contribution >= 4 is 0 Å². The van der Waals surface area contributed by atoms with Crippen molar-refractivity contribution in [1.29, 1.82) is 0 Å². The van der Waals surface area contributed by atoms with Crippen LogP contribution in [0.15, 0.2) is 0 Å². The van der Waals surface area contributed by atoms with Crippen molar-refractivity contribution < 1.29 is 0 Å². The Balaban J connectivity index is 2.85. The maximum Gasteiger partial charge on any atom is -0.00489 e. The Bertz CT molecular complexity index is 115. The molecule has 3 nitrogen and oxygen atoms in total. The third kappa shape index (κ3) is 15.9. The molecule has 0 aromatic carbocycles. The molecule has 0 saturated heterocycles. The number of rotatable bonds is 14. The monoisotopic (exact) mass is 243 g/mol. The molecule has 0 aromatic heterocycles. The van der Waals surface area contributed by atoms with E-state index in [0.717, 1.165) is 13.1 Å². The SMILES string of the molecule is CCNCCCCCCNCCCCCCN. The lowest BCUT2D eigenvalue weighted by molar-refractivity contribution is 0.549. The van der Waals surface area contributed by atoms with Gasteiger partial charge in [-0.3, -0.25) is 0 Å². The Hall–Kier alpha value is -0.120. The topological polar surface area (TPSA) is 50.1 Å². The van der Waals surface area contributed by atoms with Gasteiger partial charge in [-0.1, -0.05) is 32.6 Å². The summed E-state index contributed by atoms with van der Waals surface area (Å²) in [6.45, 7) is 7.68. The van der Waals surface area contributed by atoms with E-state index < -0.39 is 0 Å². The van der Waals surface area contributed by atoms with E-state index in [-0.39, 0.29) is 0 Å². The Morgan fingerprint density at radius 3 is 1.59 bits per heavy atom. The first-order valence-electron chi connectivity index (χ1n) is 7.53. The molecule has 17 heavy (non-hydrogen) atoms. The van der Waals surface area contributed by atoms with E-state index in [1.54, 1.807) is 0 Å². The summed E-state index contributed by atoms with van der Waals surface area (Å²) in [4.78, 5) is 0. The van der Waals surface area contributed by atoms with Gasteiger partial charge in [0.05, 0.1) is 0 Å². The number of nitrogens with two attached hydrogens (primary N) is 1. The molecule has 0 aliphatic rings. The van der Waals surface area contributed by atoms with E-state index in [4.69, 9.17) is 5.73 Å². The summed E-state index contributed by atoms with van der Waals surface area (Å²) in [6, 6.07) is 0. The fourth-order valence-corrected chi connectivity index (χ4v) is 1.90. The van der Waals surface area contributed by atoms with Crippen LogP contribution in [0.3, 0.4) is 0 Å². The van der Waals surface area contributed by atoms with E-state index >= 15 is 0 Å². The van der Waals surface area contributed by atoms with Gasteiger partial charge < -0.3 is 16.4 Å². The van der Waals surface area contributed by atoms with Crippen molar-refractivity contribution in [3.8, 4) is 0 Å². The zero-order valence-electron chi connectivity index (χ0n) is 11.8. The first kappa shape index (κ1) is 16.9. The molecule has 0 atom stereocenters. The third-order valence-electron chi connectivity index (χ3n) is 3.01. The number of nitrogens with one attached hydrogen (secondary N) is 2. The molecule has 0 heterocycles. The zero-order valence-corrected chi connectivity index (χ0v) is 11.8. The van der Waals surface area contributed by atoms with E-state index in [0.29, 0.717) is 0 Å². The van der Waals surface area contributed by atoms with Crippen LogP contribution in [-0.4, -0.2) is 32.7 Å². The molecule has 0 saturated carbocycles. The standard InChI is InChI=1S/C14H33N3/c1-2-16-12-8-5-6-10-14-17-13-9-4-3-7-11-15/h16-17H,2-15H2,1H3. The van der Waals surface area contributed by atoms with Gasteiger partial charge >= 0.3 is 0 Å². The fraction of sp³-hybridized carbons (Fsp3) is 1.00. The fourth-order valence-electron chi connectivity index (χ4n) is 1.90. The molecule has 0 rings (SSSR count). The second kappa shape index (κ2) is 15.9. The Labute approximate surface area is 108 Å². The Morgan fingerprint density at radius 2 is 1.12 bits per heavy atom. The quantitative estimate of drug-likeness (QED) is 0.410. The maximum absolute atomic E-state index is 5.45. The van der Waals surface area contributed by atoms with Crippen LogP contribution in [0, 0.1) is 0 Å². The predicted molar refractivity (Wildman–Crippen MR) is 77.4 cm³/mol. The van der Waals surface area contributed by atoms with Gasteiger partial charge in [0, 0.05) is 0 Å². The lowest BCUT2D eigenvalue weighted by atomic mass is 10.2. The van der Waals surface area contributed by atoms with Crippen LogP contribution in [0.25, 0.3) is 0 Å². The summed E-state index contributed by atoms with van der Waals surface area (Å²) < 4.78 is 0. The average molecular weight is 243 g/mol. The van der Waals surface area contributed by atoms with Crippen molar-refractivity contribution in [2.45, 2.75) is 58.3 Å². The second-order valence-electron chi connectivity index (χ2n) is 4.72. The molecular formula is C14H33N3. The molecular weight excluding hydrogens is 210 g/mol. The molecule has 0 aliphatic heterocycles. The van der Waals surface area contributed by atoms with Gasteiger partial charge in [-0.2, -0.15) is 0 Å². The van der Waals surface area contributed by atoms with Crippen LogP contribution in [0.5, 0.6) is 0 Å². The smallest absolute Gasteiger partial charge is 0.00489 e. The highest BCUT2D eigenvalue weighted by Gasteiger charge is 1.91. The van der Waals surface area contributed by atoms with Crippen LogP contribution in [0.1, 0.15) is 58.3 Å². The second-order valence-corrected chi connectivity index (χ2v) is 4.72. The molecule has 0 bridgehead atoms. The highest BCUT2D eigenvalue weighted by atomic mass is 14.8. The highest BCUT2D eigenvalue weighted by Crippen LogP contribution is 1.99. The van der Waals surface area contributed by atoms with E-state index in [9.17, 15) is 0 Å². The van der Waals surface area contributed by atoms with Crippen LogP contribution in [0.2, 0.25) is 0 Å². The Kier molecular flexibility index (Phi) is 15.8. The van der Waals surface area contributed by atoms with Crippen LogP contribution in [0.4, 0.5) is 0 Å². The highest BCUT2D eigenvalue weighted by molar-refractivity contribution is 4.52. The molecule has 0 fully saturated rings. The number of hydrogen-bond donors (Lipinski definition) is 3. The first-order chi connectivity index (χ1) is 8.41. The zero-order chi connectivity index (χ0) is 12.6. The van der Waals surface area contributed by atoms with Gasteiger partial charge in [-0.25, -0.2) is 0 Å². The summed E-state index contributed by atoms with van der Waals surface area (Å²) >= 11 is 0. The van der Waals surface area contributed by atoms with Crippen molar-refractivity contribution in [3.05, 3.63) is 0 Å². The molecule has 4 N–H and O–H groups in total. The van der Waals surface area contributed by atoms with Crippen molar-refractivity contribution in [2.75, 3.05) is 32.7 Å². The van der Waals surface area contributed by atoms with Crippen LogP contribution in [-0.2, 0) is 0 Å². The minimum atomic E-state index is 0.848. The molecule has 0 radical (unpaired) electrons. The molecule has 104 valence electrons. The van der Waals surface area contributed by atoms with E-state index in [1.165, 1.54) is 71.0 Å². The lowest BCUT2D eigenvalue weighted by Gasteiger charge is -2.05. The summed E-state index contributed by atoms with van der Waals surface area (Å²) in [5, 5.41) is 6.88. The largest absolute Gasteiger partial charge is 0.330 e. The number of unbranched alkanes of at least 4 members (excludes halogenated alkanes) is 6.